The van der Waals surface area contributed by atoms with Gasteiger partial charge in [0.1, 0.15) is 0 Å². The van der Waals surface area contributed by atoms with Crippen LogP contribution in [0, 0.1) is 0 Å². The van der Waals surface area contributed by atoms with E-state index >= 15 is 0 Å². The molecule has 1 aromatic heterocycles. The summed E-state index contributed by atoms with van der Waals surface area (Å²) in [6, 6.07) is 12.9. The summed E-state index contributed by atoms with van der Waals surface area (Å²) in [6.45, 7) is 6.43. The van der Waals surface area contributed by atoms with Crippen molar-refractivity contribution >= 4 is 34.1 Å². The van der Waals surface area contributed by atoms with Crippen LogP contribution in [0.2, 0.25) is 5.02 Å². The van der Waals surface area contributed by atoms with Crippen molar-refractivity contribution in [2.75, 3.05) is 0 Å². The van der Waals surface area contributed by atoms with E-state index in [2.05, 4.69) is 0 Å². The third-order valence-corrected chi connectivity index (χ3v) is 4.91. The Labute approximate surface area is 162 Å². The van der Waals surface area contributed by atoms with Crippen molar-refractivity contribution in [3.8, 4) is 0 Å². The summed E-state index contributed by atoms with van der Waals surface area (Å²) >= 11 is 5.84. The quantitative estimate of drug-likeness (QED) is 0.468. The Balaban J connectivity index is 2.13. The number of pyridine rings is 1. The third-order valence-electron chi connectivity index (χ3n) is 4.66. The number of carbonyl (C=O) groups is 2. The molecule has 5 heteroatoms. The number of halogens is 1. The molecule has 0 saturated carbocycles. The molecule has 0 amide bonds. The van der Waals surface area contributed by atoms with E-state index in [1.54, 1.807) is 41.0 Å². The predicted molar refractivity (Wildman–Crippen MR) is 108 cm³/mol. The summed E-state index contributed by atoms with van der Waals surface area (Å²) < 4.78 is 1.66. The number of carbonyl (C=O) groups excluding carboxylic acids is 2. The van der Waals surface area contributed by atoms with Crippen molar-refractivity contribution in [1.29, 1.82) is 0 Å². The molecule has 2 aromatic carbocycles. The van der Waals surface area contributed by atoms with Gasteiger partial charge in [0.05, 0.1) is 5.52 Å². The minimum Gasteiger partial charge on any atom is -0.309 e. The van der Waals surface area contributed by atoms with Gasteiger partial charge in [-0.05, 0) is 60.9 Å². The molecule has 0 radical (unpaired) electrons. The van der Waals surface area contributed by atoms with Crippen LogP contribution in [0.25, 0.3) is 10.9 Å². The zero-order chi connectivity index (χ0) is 19.7. The zero-order valence-corrected chi connectivity index (χ0v) is 16.2. The fourth-order valence-corrected chi connectivity index (χ4v) is 3.34. The topological polar surface area (TPSA) is 56.1 Å². The Morgan fingerprint density at radius 2 is 1.56 bits per heavy atom. The molecule has 0 N–H and O–H groups in total. The molecular formula is C22H20ClNO3. The van der Waals surface area contributed by atoms with E-state index in [0.717, 1.165) is 16.5 Å². The summed E-state index contributed by atoms with van der Waals surface area (Å²) in [4.78, 5) is 37.6. The molecule has 138 valence electrons. The van der Waals surface area contributed by atoms with Gasteiger partial charge in [-0.25, -0.2) is 0 Å². The summed E-state index contributed by atoms with van der Waals surface area (Å²) in [6.07, 6.45) is 0. The molecule has 0 atom stereocenters. The second kappa shape index (κ2) is 7.49. The lowest BCUT2D eigenvalue weighted by atomic mass is 9.95. The highest BCUT2D eigenvalue weighted by Gasteiger charge is 2.20. The van der Waals surface area contributed by atoms with Crippen molar-refractivity contribution in [2.24, 2.45) is 0 Å². The molecule has 0 aliphatic carbocycles. The molecule has 0 fully saturated rings. The van der Waals surface area contributed by atoms with E-state index in [1.807, 2.05) is 20.8 Å². The molecule has 0 unspecified atom stereocenters. The molecular weight excluding hydrogens is 362 g/mol. The molecule has 1 heterocycles. The minimum absolute atomic E-state index is 0.0648. The van der Waals surface area contributed by atoms with Crippen LogP contribution < -0.4 is 5.56 Å². The molecule has 27 heavy (non-hydrogen) atoms. The molecule has 0 bridgehead atoms. The van der Waals surface area contributed by atoms with E-state index in [9.17, 15) is 14.4 Å². The average molecular weight is 382 g/mol. The van der Waals surface area contributed by atoms with E-state index in [1.165, 1.54) is 12.1 Å². The first-order valence-corrected chi connectivity index (χ1v) is 9.23. The smallest absolute Gasteiger partial charge is 0.251 e. The Hall–Kier alpha value is -2.72. The highest BCUT2D eigenvalue weighted by Crippen LogP contribution is 2.25. The van der Waals surface area contributed by atoms with E-state index < -0.39 is 11.6 Å². The first-order chi connectivity index (χ1) is 12.8. The molecule has 0 aliphatic heterocycles. The van der Waals surface area contributed by atoms with Crippen LogP contribution >= 0.6 is 11.6 Å². The van der Waals surface area contributed by atoms with Crippen LogP contribution in [0.4, 0.5) is 0 Å². The third kappa shape index (κ3) is 3.58. The second-order valence-electron chi connectivity index (χ2n) is 6.73. The lowest BCUT2D eigenvalue weighted by Crippen LogP contribution is -2.21. The first kappa shape index (κ1) is 19.1. The maximum absolute atomic E-state index is 12.7. The fourth-order valence-electron chi connectivity index (χ4n) is 3.22. The van der Waals surface area contributed by atoms with Crippen LogP contribution in [0.5, 0.6) is 0 Å². The van der Waals surface area contributed by atoms with Crippen molar-refractivity contribution in [3.05, 3.63) is 80.6 Å². The fraction of sp³-hybridized carbons (Fsp3) is 0.227. The standard InChI is InChI=1S/C22H20ClNO3/c1-4-24-19-10-7-15(11-18(19)17(13(2)3)12-20(24)25)22(27)21(26)14-5-8-16(23)9-6-14/h5-13H,4H2,1-3H3. The highest BCUT2D eigenvalue weighted by atomic mass is 35.5. The largest absolute Gasteiger partial charge is 0.309 e. The van der Waals surface area contributed by atoms with E-state index in [-0.39, 0.29) is 11.5 Å². The van der Waals surface area contributed by atoms with Crippen LogP contribution in [0.3, 0.4) is 0 Å². The lowest BCUT2D eigenvalue weighted by molar-refractivity contribution is 0.0817. The summed E-state index contributed by atoms with van der Waals surface area (Å²) in [5, 5.41) is 1.32. The number of Topliss-reactive ketones (excluding diaryl/α,β-unsaturated/α-hetero) is 2. The number of hydrogen-bond acceptors (Lipinski definition) is 3. The van der Waals surface area contributed by atoms with Gasteiger partial charge in [-0.2, -0.15) is 0 Å². The summed E-state index contributed by atoms with van der Waals surface area (Å²) in [7, 11) is 0. The summed E-state index contributed by atoms with van der Waals surface area (Å²) in [5.74, 6) is -1.05. The van der Waals surface area contributed by atoms with Crippen LogP contribution in [-0.4, -0.2) is 16.1 Å². The molecule has 4 nitrogen and oxygen atoms in total. The number of hydrogen-bond donors (Lipinski definition) is 0. The molecule has 3 rings (SSSR count). The Morgan fingerprint density at radius 3 is 2.15 bits per heavy atom. The predicted octanol–water partition coefficient (Wildman–Crippen LogP) is 4.86. The Kier molecular flexibility index (Phi) is 5.29. The maximum Gasteiger partial charge on any atom is 0.251 e. The number of aromatic nitrogens is 1. The van der Waals surface area contributed by atoms with Crippen molar-refractivity contribution in [2.45, 2.75) is 33.2 Å². The van der Waals surface area contributed by atoms with Gasteiger partial charge < -0.3 is 4.57 Å². The van der Waals surface area contributed by atoms with Crippen LogP contribution in [-0.2, 0) is 6.54 Å². The lowest BCUT2D eigenvalue weighted by Gasteiger charge is -2.15. The minimum atomic E-state index is -0.582. The second-order valence-corrected chi connectivity index (χ2v) is 7.17. The summed E-state index contributed by atoms with van der Waals surface area (Å²) in [5.41, 5.74) is 2.18. The number of fused-ring (bicyclic) bond motifs is 1. The highest BCUT2D eigenvalue weighted by molar-refractivity contribution is 6.49. The molecule has 0 saturated heterocycles. The number of benzene rings is 2. The number of nitrogens with zero attached hydrogens (tertiary/aromatic N) is 1. The van der Waals surface area contributed by atoms with Gasteiger partial charge in [-0.3, -0.25) is 14.4 Å². The van der Waals surface area contributed by atoms with Crippen molar-refractivity contribution in [3.63, 3.8) is 0 Å². The van der Waals surface area contributed by atoms with Crippen molar-refractivity contribution in [1.82, 2.24) is 4.57 Å². The van der Waals surface area contributed by atoms with E-state index in [0.29, 0.717) is 22.7 Å². The monoisotopic (exact) mass is 381 g/mol. The van der Waals surface area contributed by atoms with Gasteiger partial charge in [0.15, 0.2) is 0 Å². The van der Waals surface area contributed by atoms with Gasteiger partial charge in [0.2, 0.25) is 11.6 Å². The average Bonchev–Trinajstić information content (AvgIpc) is 2.66. The normalized spacial score (nSPS) is 11.1. The van der Waals surface area contributed by atoms with Gasteiger partial charge in [0.25, 0.3) is 5.56 Å². The van der Waals surface area contributed by atoms with Gasteiger partial charge in [0, 0.05) is 34.1 Å². The van der Waals surface area contributed by atoms with Crippen LogP contribution in [0.1, 0.15) is 53.0 Å². The van der Waals surface area contributed by atoms with Gasteiger partial charge in [-0.15, -0.1) is 0 Å². The molecule has 3 aromatic rings. The SMILES string of the molecule is CCn1c(=O)cc(C(C)C)c2cc(C(=O)C(=O)c3ccc(Cl)cc3)ccc21. The number of aryl methyl sites for hydroxylation is 1. The molecule has 0 aliphatic rings. The maximum atomic E-state index is 12.7. The number of rotatable bonds is 5. The number of ketones is 2. The van der Waals surface area contributed by atoms with E-state index in [4.69, 9.17) is 11.6 Å². The Bertz CT molecular complexity index is 1090. The zero-order valence-electron chi connectivity index (χ0n) is 15.5. The van der Waals surface area contributed by atoms with Gasteiger partial charge >= 0.3 is 0 Å². The first-order valence-electron chi connectivity index (χ1n) is 8.85. The molecule has 0 spiro atoms. The van der Waals surface area contributed by atoms with Gasteiger partial charge in [-0.1, -0.05) is 25.4 Å². The Morgan fingerprint density at radius 1 is 0.963 bits per heavy atom. The van der Waals surface area contributed by atoms with Crippen molar-refractivity contribution < 1.29 is 9.59 Å². The van der Waals surface area contributed by atoms with Crippen LogP contribution in [0.15, 0.2) is 53.3 Å².